The van der Waals surface area contributed by atoms with E-state index in [4.69, 9.17) is 0 Å². The summed E-state index contributed by atoms with van der Waals surface area (Å²) in [6.07, 6.45) is 15.8. The molecule has 0 radical (unpaired) electrons. The van der Waals surface area contributed by atoms with Gasteiger partial charge in [0.05, 0.1) is 0 Å². The molecule has 20 heavy (non-hydrogen) atoms. The first-order valence-corrected chi connectivity index (χ1v) is 9.24. The number of rotatable bonds is 4. The molecule has 0 amide bonds. The molecule has 2 N–H and O–H groups in total. The fourth-order valence-corrected chi connectivity index (χ4v) is 4.93. The second-order valence-electron chi connectivity index (χ2n) is 8.01. The summed E-state index contributed by atoms with van der Waals surface area (Å²) in [5.74, 6) is 0.901. The van der Waals surface area contributed by atoms with Crippen LogP contribution in [0.2, 0.25) is 0 Å². The van der Waals surface area contributed by atoms with Crippen LogP contribution in [0, 0.1) is 11.3 Å². The van der Waals surface area contributed by atoms with Crippen LogP contribution in [0.15, 0.2) is 0 Å². The molecule has 2 saturated carbocycles. The van der Waals surface area contributed by atoms with Gasteiger partial charge in [-0.3, -0.25) is 0 Å². The first-order valence-electron chi connectivity index (χ1n) is 9.24. The van der Waals surface area contributed by atoms with Gasteiger partial charge in [-0.25, -0.2) is 0 Å². The molecule has 0 aromatic rings. The maximum Gasteiger partial charge on any atom is 0.0111 e. The number of hydrogen-bond donors (Lipinski definition) is 2. The van der Waals surface area contributed by atoms with Gasteiger partial charge in [-0.15, -0.1) is 0 Å². The molecule has 2 aliphatic carbocycles. The highest BCUT2D eigenvalue weighted by molar-refractivity contribution is 4.93. The van der Waals surface area contributed by atoms with Crippen LogP contribution in [0.3, 0.4) is 0 Å². The van der Waals surface area contributed by atoms with Gasteiger partial charge in [0, 0.05) is 18.6 Å². The van der Waals surface area contributed by atoms with Crippen molar-refractivity contribution in [3.8, 4) is 0 Å². The Morgan fingerprint density at radius 1 is 0.950 bits per heavy atom. The van der Waals surface area contributed by atoms with E-state index in [9.17, 15) is 0 Å². The number of hydrogen-bond acceptors (Lipinski definition) is 2. The van der Waals surface area contributed by atoms with Gasteiger partial charge < -0.3 is 10.6 Å². The third kappa shape index (κ3) is 3.57. The molecule has 0 bridgehead atoms. The van der Waals surface area contributed by atoms with Crippen LogP contribution in [0.1, 0.15) is 77.6 Å². The molecule has 0 spiro atoms. The highest BCUT2D eigenvalue weighted by atomic mass is 15.0. The molecule has 0 aromatic heterocycles. The zero-order valence-electron chi connectivity index (χ0n) is 13.4. The van der Waals surface area contributed by atoms with E-state index in [1.54, 1.807) is 0 Å². The zero-order valence-corrected chi connectivity index (χ0v) is 13.4. The zero-order chi connectivity index (χ0) is 13.8. The second-order valence-corrected chi connectivity index (χ2v) is 8.01. The van der Waals surface area contributed by atoms with E-state index in [1.165, 1.54) is 83.7 Å². The smallest absolute Gasteiger partial charge is 0.0111 e. The Balaban J connectivity index is 1.53. The minimum Gasteiger partial charge on any atom is -0.314 e. The van der Waals surface area contributed by atoms with Crippen molar-refractivity contribution >= 4 is 0 Å². The Morgan fingerprint density at radius 3 is 2.50 bits per heavy atom. The molecule has 3 atom stereocenters. The van der Waals surface area contributed by atoms with Gasteiger partial charge in [0.15, 0.2) is 0 Å². The van der Waals surface area contributed by atoms with Crippen molar-refractivity contribution in [2.24, 2.45) is 11.3 Å². The fraction of sp³-hybridized carbons (Fsp3) is 1.00. The van der Waals surface area contributed by atoms with E-state index in [2.05, 4.69) is 17.6 Å². The molecule has 3 aliphatic rings. The molecule has 2 heteroatoms. The molecular formula is C18H34N2. The second kappa shape index (κ2) is 6.79. The van der Waals surface area contributed by atoms with Crippen LogP contribution in [0.5, 0.6) is 0 Å². The van der Waals surface area contributed by atoms with Crippen molar-refractivity contribution in [1.82, 2.24) is 10.6 Å². The van der Waals surface area contributed by atoms with Crippen LogP contribution in [0.25, 0.3) is 0 Å². The van der Waals surface area contributed by atoms with Crippen LogP contribution < -0.4 is 10.6 Å². The predicted octanol–water partition coefficient (Wildman–Crippen LogP) is 3.86. The third-order valence-corrected chi connectivity index (χ3v) is 6.29. The van der Waals surface area contributed by atoms with Gasteiger partial charge in [0.1, 0.15) is 0 Å². The van der Waals surface area contributed by atoms with Gasteiger partial charge in [0.25, 0.3) is 0 Å². The maximum absolute atomic E-state index is 4.02. The monoisotopic (exact) mass is 278 g/mol. The lowest BCUT2D eigenvalue weighted by atomic mass is 9.74. The first kappa shape index (κ1) is 14.8. The molecule has 3 rings (SSSR count). The molecule has 2 nitrogen and oxygen atoms in total. The SMILES string of the molecule is CC1(CNC2CCCCC2C2CCCN2)CCCCC1. The minimum absolute atomic E-state index is 0.587. The van der Waals surface area contributed by atoms with E-state index in [-0.39, 0.29) is 0 Å². The topological polar surface area (TPSA) is 24.1 Å². The summed E-state index contributed by atoms with van der Waals surface area (Å²) in [6, 6.07) is 1.60. The first-order chi connectivity index (χ1) is 9.77. The molecule has 1 saturated heterocycles. The molecule has 3 fully saturated rings. The number of nitrogens with one attached hydrogen (secondary N) is 2. The molecule has 3 unspecified atom stereocenters. The van der Waals surface area contributed by atoms with Crippen LogP contribution >= 0.6 is 0 Å². The van der Waals surface area contributed by atoms with Crippen molar-refractivity contribution in [1.29, 1.82) is 0 Å². The van der Waals surface area contributed by atoms with Gasteiger partial charge in [0.2, 0.25) is 0 Å². The normalized spacial score (nSPS) is 38.0. The van der Waals surface area contributed by atoms with E-state index >= 15 is 0 Å². The van der Waals surface area contributed by atoms with Gasteiger partial charge in [-0.2, -0.15) is 0 Å². The Labute approximate surface area is 125 Å². The summed E-state index contributed by atoms with van der Waals surface area (Å²) in [4.78, 5) is 0. The average Bonchev–Trinajstić information content (AvgIpc) is 3.00. The Hall–Kier alpha value is -0.0800. The fourth-order valence-electron chi connectivity index (χ4n) is 4.93. The average molecular weight is 278 g/mol. The Kier molecular flexibility index (Phi) is 5.04. The standard InChI is InChI=1S/C18H34N2/c1-18(11-5-2-6-12-18)14-20-17-9-4-3-8-15(17)16-10-7-13-19-16/h15-17,19-20H,2-14H2,1H3. The van der Waals surface area contributed by atoms with Crippen LogP contribution in [-0.2, 0) is 0 Å². The van der Waals surface area contributed by atoms with Crippen molar-refractivity contribution in [2.45, 2.75) is 89.6 Å². The molecule has 0 aromatic carbocycles. The molecule has 116 valence electrons. The van der Waals surface area contributed by atoms with Gasteiger partial charge >= 0.3 is 0 Å². The van der Waals surface area contributed by atoms with Crippen molar-refractivity contribution in [2.75, 3.05) is 13.1 Å². The van der Waals surface area contributed by atoms with E-state index in [1.807, 2.05) is 0 Å². The van der Waals surface area contributed by atoms with E-state index in [0.29, 0.717) is 5.41 Å². The summed E-state index contributed by atoms with van der Waals surface area (Å²) < 4.78 is 0. The summed E-state index contributed by atoms with van der Waals surface area (Å²) in [6.45, 7) is 5.04. The summed E-state index contributed by atoms with van der Waals surface area (Å²) in [7, 11) is 0. The summed E-state index contributed by atoms with van der Waals surface area (Å²) in [5.41, 5.74) is 0.587. The van der Waals surface area contributed by atoms with Crippen molar-refractivity contribution in [3.05, 3.63) is 0 Å². The third-order valence-electron chi connectivity index (χ3n) is 6.29. The van der Waals surface area contributed by atoms with Crippen LogP contribution in [0.4, 0.5) is 0 Å². The summed E-state index contributed by atoms with van der Waals surface area (Å²) >= 11 is 0. The lowest BCUT2D eigenvalue weighted by Crippen LogP contribution is -2.49. The van der Waals surface area contributed by atoms with Gasteiger partial charge in [-0.1, -0.05) is 39.0 Å². The quantitative estimate of drug-likeness (QED) is 0.816. The summed E-state index contributed by atoms with van der Waals surface area (Å²) in [5, 5.41) is 7.78. The van der Waals surface area contributed by atoms with Crippen molar-refractivity contribution < 1.29 is 0 Å². The lowest BCUT2D eigenvalue weighted by Gasteiger charge is -2.40. The molecule has 1 heterocycles. The van der Waals surface area contributed by atoms with E-state index < -0.39 is 0 Å². The van der Waals surface area contributed by atoms with Crippen LogP contribution in [-0.4, -0.2) is 25.2 Å². The lowest BCUT2D eigenvalue weighted by molar-refractivity contribution is 0.160. The highest BCUT2D eigenvalue weighted by Crippen LogP contribution is 2.36. The largest absolute Gasteiger partial charge is 0.314 e. The molecule has 1 aliphatic heterocycles. The minimum atomic E-state index is 0.587. The Morgan fingerprint density at radius 2 is 1.75 bits per heavy atom. The van der Waals surface area contributed by atoms with E-state index in [0.717, 1.165) is 18.0 Å². The van der Waals surface area contributed by atoms with Crippen molar-refractivity contribution in [3.63, 3.8) is 0 Å². The maximum atomic E-state index is 4.02. The predicted molar refractivity (Wildman–Crippen MR) is 86.0 cm³/mol. The Bertz CT molecular complexity index is 290. The highest BCUT2D eigenvalue weighted by Gasteiger charge is 2.34. The molecular weight excluding hydrogens is 244 g/mol. The van der Waals surface area contributed by atoms with Gasteiger partial charge in [-0.05, 0) is 56.4 Å².